The van der Waals surface area contributed by atoms with Crippen molar-refractivity contribution in [2.75, 3.05) is 11.6 Å². The van der Waals surface area contributed by atoms with Crippen molar-refractivity contribution >= 4 is 17.8 Å². The Morgan fingerprint density at radius 1 is 1.43 bits per heavy atom. The maximum atomic E-state index is 10.9. The van der Waals surface area contributed by atoms with E-state index in [0.29, 0.717) is 6.54 Å². The molecule has 0 bridgehead atoms. The van der Waals surface area contributed by atoms with E-state index >= 15 is 0 Å². The second kappa shape index (κ2) is 3.49. The summed E-state index contributed by atoms with van der Waals surface area (Å²) in [6.07, 6.45) is 1.59. The first kappa shape index (κ1) is 8.74. The molecule has 0 saturated heterocycles. The largest absolute Gasteiger partial charge is 0.369 e. The van der Waals surface area contributed by atoms with Gasteiger partial charge >= 0.3 is 0 Å². The summed E-state index contributed by atoms with van der Waals surface area (Å²) in [5.74, 6) is -0.595. The fourth-order valence-electron chi connectivity index (χ4n) is 1.38. The van der Waals surface area contributed by atoms with Crippen LogP contribution >= 0.6 is 0 Å². The number of carbonyl (C=O) groups excluding carboxylic acids is 1. The van der Waals surface area contributed by atoms with Gasteiger partial charge in [-0.15, -0.1) is 0 Å². The van der Waals surface area contributed by atoms with E-state index < -0.39 is 0 Å². The van der Waals surface area contributed by atoms with Gasteiger partial charge in [-0.3, -0.25) is 9.80 Å². The molecule has 0 aliphatic carbocycles. The first-order valence-corrected chi connectivity index (χ1v) is 4.43. The lowest BCUT2D eigenvalue weighted by molar-refractivity contribution is -0.119. The van der Waals surface area contributed by atoms with Crippen molar-refractivity contribution in [1.82, 2.24) is 0 Å². The molecule has 1 aliphatic heterocycles. The number of benzene rings is 1. The Bertz CT molecular complexity index is 361. The zero-order chi connectivity index (χ0) is 9.97. The molecule has 2 N–H and O–H groups in total. The number of anilines is 1. The number of hydrazone groups is 1. The first-order valence-electron chi connectivity index (χ1n) is 4.43. The monoisotopic (exact) mass is 189 g/mol. The van der Waals surface area contributed by atoms with Crippen LogP contribution in [0, 0.1) is 5.92 Å². The number of nitrogens with two attached hydrogens (primary N) is 1. The predicted molar refractivity (Wildman–Crippen MR) is 55.0 cm³/mol. The topological polar surface area (TPSA) is 58.7 Å². The van der Waals surface area contributed by atoms with Crippen LogP contribution in [0.25, 0.3) is 0 Å². The average molecular weight is 189 g/mol. The fourth-order valence-corrected chi connectivity index (χ4v) is 1.38. The van der Waals surface area contributed by atoms with Gasteiger partial charge in [-0.1, -0.05) is 18.2 Å². The SMILES string of the molecule is NC(=O)C1C=NN(c2ccccc2)C1. The summed E-state index contributed by atoms with van der Waals surface area (Å²) in [7, 11) is 0. The highest BCUT2D eigenvalue weighted by Gasteiger charge is 2.22. The van der Waals surface area contributed by atoms with Crippen LogP contribution < -0.4 is 10.7 Å². The Kier molecular flexibility index (Phi) is 2.18. The number of amides is 1. The van der Waals surface area contributed by atoms with E-state index in [0.717, 1.165) is 5.69 Å². The Morgan fingerprint density at radius 2 is 2.14 bits per heavy atom. The van der Waals surface area contributed by atoms with Gasteiger partial charge in [0.05, 0.1) is 18.2 Å². The normalized spacial score (nSPS) is 20.0. The highest BCUT2D eigenvalue weighted by atomic mass is 16.1. The van der Waals surface area contributed by atoms with Crippen LogP contribution in [-0.4, -0.2) is 18.7 Å². The van der Waals surface area contributed by atoms with E-state index in [4.69, 9.17) is 5.73 Å². The molecule has 1 aromatic rings. The summed E-state index contributed by atoms with van der Waals surface area (Å²) in [6.45, 7) is 0.541. The molecule has 4 nitrogen and oxygen atoms in total. The van der Waals surface area contributed by atoms with E-state index in [1.54, 1.807) is 11.2 Å². The van der Waals surface area contributed by atoms with Gasteiger partial charge in [0.1, 0.15) is 0 Å². The van der Waals surface area contributed by atoms with Gasteiger partial charge < -0.3 is 5.73 Å². The van der Waals surface area contributed by atoms with E-state index in [2.05, 4.69) is 5.10 Å². The molecule has 1 unspecified atom stereocenters. The van der Waals surface area contributed by atoms with Crippen molar-refractivity contribution in [3.05, 3.63) is 30.3 Å². The van der Waals surface area contributed by atoms with Crippen molar-refractivity contribution in [3.63, 3.8) is 0 Å². The number of hydrogen-bond acceptors (Lipinski definition) is 3. The lowest BCUT2D eigenvalue weighted by Gasteiger charge is -2.14. The van der Waals surface area contributed by atoms with Crippen LogP contribution in [-0.2, 0) is 4.79 Å². The Morgan fingerprint density at radius 3 is 2.71 bits per heavy atom. The molecule has 0 spiro atoms. The van der Waals surface area contributed by atoms with Crippen molar-refractivity contribution in [2.45, 2.75) is 0 Å². The summed E-state index contributed by atoms with van der Waals surface area (Å²) >= 11 is 0. The molecule has 0 fully saturated rings. The maximum Gasteiger partial charge on any atom is 0.227 e. The minimum absolute atomic E-state index is 0.268. The zero-order valence-corrected chi connectivity index (χ0v) is 7.63. The Hall–Kier alpha value is -1.84. The van der Waals surface area contributed by atoms with E-state index in [-0.39, 0.29) is 11.8 Å². The Labute approximate surface area is 82.0 Å². The van der Waals surface area contributed by atoms with Gasteiger partial charge in [0.25, 0.3) is 0 Å². The third-order valence-electron chi connectivity index (χ3n) is 2.18. The lowest BCUT2D eigenvalue weighted by atomic mass is 10.1. The van der Waals surface area contributed by atoms with Crippen molar-refractivity contribution in [2.24, 2.45) is 16.8 Å². The molecule has 0 radical (unpaired) electrons. The van der Waals surface area contributed by atoms with Gasteiger partial charge in [0.2, 0.25) is 5.91 Å². The number of nitrogens with zero attached hydrogens (tertiary/aromatic N) is 2. The van der Waals surface area contributed by atoms with E-state index in [1.807, 2.05) is 30.3 Å². The van der Waals surface area contributed by atoms with Crippen molar-refractivity contribution in [3.8, 4) is 0 Å². The number of hydrogen-bond donors (Lipinski definition) is 1. The molecular formula is C10H11N3O. The number of para-hydroxylation sites is 1. The number of primary amides is 1. The molecule has 2 rings (SSSR count). The summed E-state index contributed by atoms with van der Waals surface area (Å²) in [5.41, 5.74) is 6.16. The molecule has 4 heteroatoms. The molecule has 1 amide bonds. The zero-order valence-electron chi connectivity index (χ0n) is 7.63. The first-order chi connectivity index (χ1) is 6.77. The fraction of sp³-hybridized carbons (Fsp3) is 0.200. The highest BCUT2D eigenvalue weighted by molar-refractivity contribution is 5.94. The van der Waals surface area contributed by atoms with Crippen LogP contribution in [0.2, 0.25) is 0 Å². The van der Waals surface area contributed by atoms with E-state index in [1.165, 1.54) is 0 Å². The second-order valence-electron chi connectivity index (χ2n) is 3.19. The molecule has 1 aromatic carbocycles. The summed E-state index contributed by atoms with van der Waals surface area (Å²) in [4.78, 5) is 10.9. The minimum atomic E-state index is -0.327. The number of rotatable bonds is 2. The molecule has 1 aliphatic rings. The van der Waals surface area contributed by atoms with Crippen LogP contribution in [0.5, 0.6) is 0 Å². The highest BCUT2D eigenvalue weighted by Crippen LogP contribution is 2.18. The Balaban J connectivity index is 2.11. The predicted octanol–water partition coefficient (Wildman–Crippen LogP) is 0.594. The molecule has 0 saturated carbocycles. The molecule has 72 valence electrons. The van der Waals surface area contributed by atoms with Crippen molar-refractivity contribution in [1.29, 1.82) is 0 Å². The maximum absolute atomic E-state index is 10.9. The molecule has 0 aromatic heterocycles. The molecule has 14 heavy (non-hydrogen) atoms. The van der Waals surface area contributed by atoms with Crippen molar-refractivity contribution < 1.29 is 4.79 Å². The van der Waals surface area contributed by atoms with Gasteiger partial charge in [-0.05, 0) is 12.1 Å². The quantitative estimate of drug-likeness (QED) is 0.740. The smallest absolute Gasteiger partial charge is 0.227 e. The van der Waals surface area contributed by atoms with Crippen LogP contribution in [0.1, 0.15) is 0 Å². The van der Waals surface area contributed by atoms with Crippen LogP contribution in [0.3, 0.4) is 0 Å². The third-order valence-corrected chi connectivity index (χ3v) is 2.18. The van der Waals surface area contributed by atoms with Gasteiger partial charge in [0.15, 0.2) is 0 Å². The number of carbonyl (C=O) groups is 1. The van der Waals surface area contributed by atoms with Gasteiger partial charge in [0, 0.05) is 6.21 Å². The van der Waals surface area contributed by atoms with Crippen LogP contribution in [0.15, 0.2) is 35.4 Å². The average Bonchev–Trinajstić information content (AvgIpc) is 2.68. The summed E-state index contributed by atoms with van der Waals surface area (Å²) in [5, 5.41) is 5.89. The summed E-state index contributed by atoms with van der Waals surface area (Å²) in [6, 6.07) is 9.70. The van der Waals surface area contributed by atoms with Gasteiger partial charge in [-0.25, -0.2) is 0 Å². The van der Waals surface area contributed by atoms with Crippen LogP contribution in [0.4, 0.5) is 5.69 Å². The van der Waals surface area contributed by atoms with E-state index in [9.17, 15) is 4.79 Å². The van der Waals surface area contributed by atoms with Gasteiger partial charge in [-0.2, -0.15) is 5.10 Å². The lowest BCUT2D eigenvalue weighted by Crippen LogP contribution is -2.29. The standard InChI is InChI=1S/C10H11N3O/c11-10(14)8-6-12-13(7-8)9-4-2-1-3-5-9/h1-6,8H,7H2,(H2,11,14). The molecule has 1 heterocycles. The second-order valence-corrected chi connectivity index (χ2v) is 3.19. The molecule has 1 atom stereocenters. The molecular weight excluding hydrogens is 178 g/mol. The minimum Gasteiger partial charge on any atom is -0.369 e. The summed E-state index contributed by atoms with van der Waals surface area (Å²) < 4.78 is 0. The third kappa shape index (κ3) is 1.59.